The number of nitrogens with zero attached hydrogens (tertiary/aromatic N) is 2. The van der Waals surface area contributed by atoms with Gasteiger partial charge in [0.05, 0.1) is 37.1 Å². The van der Waals surface area contributed by atoms with Crippen LogP contribution in [-0.2, 0) is 28.9 Å². The van der Waals surface area contributed by atoms with Gasteiger partial charge in [-0.3, -0.25) is 14.2 Å². The van der Waals surface area contributed by atoms with Gasteiger partial charge >= 0.3 is 0 Å². The molecule has 1 N–H and O–H groups in total. The zero-order valence-corrected chi connectivity index (χ0v) is 18.5. The predicted molar refractivity (Wildman–Crippen MR) is 120 cm³/mol. The Balaban J connectivity index is 1.58. The Labute approximate surface area is 182 Å². The van der Waals surface area contributed by atoms with Crippen LogP contribution < -0.4 is 15.6 Å². The Morgan fingerprint density at radius 2 is 2.13 bits per heavy atom. The number of rotatable bonds is 8. The lowest BCUT2D eigenvalue weighted by Crippen LogP contribution is -2.26. The zero-order valence-electron chi connectivity index (χ0n) is 16.9. The van der Waals surface area contributed by atoms with Gasteiger partial charge in [-0.25, -0.2) is 4.98 Å². The third-order valence-electron chi connectivity index (χ3n) is 5.02. The summed E-state index contributed by atoms with van der Waals surface area (Å²) in [5.41, 5.74) is 1.73. The number of thiophene rings is 1. The van der Waals surface area contributed by atoms with E-state index >= 15 is 0 Å². The van der Waals surface area contributed by atoms with Gasteiger partial charge in [0.2, 0.25) is 5.91 Å². The van der Waals surface area contributed by atoms with E-state index in [0.717, 1.165) is 35.0 Å². The van der Waals surface area contributed by atoms with Crippen molar-refractivity contribution in [3.8, 4) is 5.75 Å². The number of thioether (sulfide) groups is 1. The SMILES string of the molecule is COCCn1c(SCC(=O)Nc2ccccc2OC)nc2sc3c(c2c1=O)CCC3. The molecule has 1 aliphatic carbocycles. The molecule has 158 valence electrons. The van der Waals surface area contributed by atoms with Crippen molar-refractivity contribution in [2.45, 2.75) is 31.0 Å². The molecule has 2 heterocycles. The van der Waals surface area contributed by atoms with Crippen molar-refractivity contribution in [3.63, 3.8) is 0 Å². The van der Waals surface area contributed by atoms with Crippen LogP contribution in [0.15, 0.2) is 34.2 Å². The highest BCUT2D eigenvalue weighted by Gasteiger charge is 2.23. The number of para-hydroxylation sites is 2. The number of anilines is 1. The molecule has 9 heteroatoms. The number of carbonyl (C=O) groups is 1. The first kappa shape index (κ1) is 20.9. The quantitative estimate of drug-likeness (QED) is 0.423. The fourth-order valence-corrected chi connectivity index (χ4v) is 5.74. The second kappa shape index (κ2) is 9.20. The fourth-order valence-electron chi connectivity index (χ4n) is 3.61. The maximum Gasteiger partial charge on any atom is 0.263 e. The minimum Gasteiger partial charge on any atom is -0.495 e. The molecule has 0 radical (unpaired) electrons. The number of aryl methyl sites for hydroxylation is 2. The molecule has 0 saturated heterocycles. The largest absolute Gasteiger partial charge is 0.495 e. The highest BCUT2D eigenvalue weighted by Crippen LogP contribution is 2.35. The first-order valence-corrected chi connectivity index (χ1v) is 11.5. The van der Waals surface area contributed by atoms with Gasteiger partial charge in [0, 0.05) is 12.0 Å². The number of ether oxygens (including phenoxy) is 2. The first-order valence-electron chi connectivity index (χ1n) is 9.72. The molecule has 3 aromatic rings. The maximum absolute atomic E-state index is 13.2. The van der Waals surface area contributed by atoms with Gasteiger partial charge in [-0.05, 0) is 37.0 Å². The zero-order chi connectivity index (χ0) is 21.1. The molecule has 2 aromatic heterocycles. The van der Waals surface area contributed by atoms with Crippen LogP contribution in [0.5, 0.6) is 5.75 Å². The molecule has 1 aromatic carbocycles. The smallest absolute Gasteiger partial charge is 0.263 e. The van der Waals surface area contributed by atoms with Crippen LogP contribution >= 0.6 is 23.1 Å². The summed E-state index contributed by atoms with van der Waals surface area (Å²) in [5.74, 6) is 0.542. The number of benzene rings is 1. The number of fused-ring (bicyclic) bond motifs is 3. The first-order chi connectivity index (χ1) is 14.6. The Morgan fingerprint density at radius 1 is 1.30 bits per heavy atom. The third kappa shape index (κ3) is 4.10. The molecule has 0 unspecified atom stereocenters. The molecule has 30 heavy (non-hydrogen) atoms. The number of nitrogens with one attached hydrogen (secondary N) is 1. The van der Waals surface area contributed by atoms with Crippen molar-refractivity contribution in [2.75, 3.05) is 31.9 Å². The minimum atomic E-state index is -0.189. The lowest BCUT2D eigenvalue weighted by molar-refractivity contribution is -0.113. The molecule has 0 aliphatic heterocycles. The molecule has 1 amide bonds. The number of hydrogen-bond donors (Lipinski definition) is 1. The van der Waals surface area contributed by atoms with Crippen LogP contribution in [0.4, 0.5) is 5.69 Å². The van der Waals surface area contributed by atoms with Gasteiger partial charge in [-0.15, -0.1) is 11.3 Å². The van der Waals surface area contributed by atoms with E-state index in [9.17, 15) is 9.59 Å². The fraction of sp³-hybridized carbons (Fsp3) is 0.381. The van der Waals surface area contributed by atoms with E-state index in [0.29, 0.717) is 29.7 Å². The van der Waals surface area contributed by atoms with E-state index in [-0.39, 0.29) is 17.2 Å². The predicted octanol–water partition coefficient (Wildman–Crippen LogP) is 3.33. The highest BCUT2D eigenvalue weighted by molar-refractivity contribution is 7.99. The second-order valence-electron chi connectivity index (χ2n) is 6.92. The van der Waals surface area contributed by atoms with E-state index < -0.39 is 0 Å². The number of aromatic nitrogens is 2. The minimum absolute atomic E-state index is 0.0379. The molecule has 0 saturated carbocycles. The van der Waals surface area contributed by atoms with Crippen molar-refractivity contribution < 1.29 is 14.3 Å². The molecular formula is C21H23N3O4S2. The number of amides is 1. The summed E-state index contributed by atoms with van der Waals surface area (Å²) >= 11 is 2.86. The highest BCUT2D eigenvalue weighted by atomic mass is 32.2. The molecular weight excluding hydrogens is 422 g/mol. The van der Waals surface area contributed by atoms with Crippen LogP contribution in [-0.4, -0.2) is 42.0 Å². The van der Waals surface area contributed by atoms with Crippen LogP contribution in [0.1, 0.15) is 16.9 Å². The summed E-state index contributed by atoms with van der Waals surface area (Å²) in [6.45, 7) is 0.805. The summed E-state index contributed by atoms with van der Waals surface area (Å²) in [7, 11) is 3.17. The van der Waals surface area contributed by atoms with E-state index in [1.54, 1.807) is 42.3 Å². The monoisotopic (exact) mass is 445 g/mol. The van der Waals surface area contributed by atoms with Crippen LogP contribution in [0.3, 0.4) is 0 Å². The molecule has 0 bridgehead atoms. The Bertz CT molecular complexity index is 1140. The summed E-state index contributed by atoms with van der Waals surface area (Å²) in [4.78, 5) is 32.5. The summed E-state index contributed by atoms with van der Waals surface area (Å²) in [6.07, 6.45) is 3.04. The maximum atomic E-state index is 13.2. The van der Waals surface area contributed by atoms with E-state index in [1.165, 1.54) is 16.6 Å². The molecule has 4 rings (SSSR count). The Hall–Kier alpha value is -2.36. The van der Waals surface area contributed by atoms with Crippen molar-refractivity contribution in [1.29, 1.82) is 0 Å². The normalized spacial score (nSPS) is 12.9. The molecule has 0 fully saturated rings. The Kier molecular flexibility index (Phi) is 6.40. The van der Waals surface area contributed by atoms with Crippen LogP contribution in [0.2, 0.25) is 0 Å². The van der Waals surface area contributed by atoms with Crippen molar-refractivity contribution in [3.05, 3.63) is 45.1 Å². The topological polar surface area (TPSA) is 82.4 Å². The lowest BCUT2D eigenvalue weighted by atomic mass is 10.2. The van der Waals surface area contributed by atoms with E-state index in [4.69, 9.17) is 14.5 Å². The van der Waals surface area contributed by atoms with Gasteiger partial charge in [-0.2, -0.15) is 0 Å². The van der Waals surface area contributed by atoms with Gasteiger partial charge in [0.15, 0.2) is 5.16 Å². The molecule has 0 atom stereocenters. The van der Waals surface area contributed by atoms with Gasteiger partial charge in [0.1, 0.15) is 10.6 Å². The Morgan fingerprint density at radius 3 is 2.93 bits per heavy atom. The standard InChI is InChI=1S/C21H23N3O4S2/c1-27-11-10-24-20(26)18-13-6-5-9-16(13)30-19(18)23-21(24)29-12-17(25)22-14-7-3-4-8-15(14)28-2/h3-4,7-8H,5-6,9-12H2,1-2H3,(H,22,25). The van der Waals surface area contributed by atoms with E-state index in [1.807, 2.05) is 12.1 Å². The van der Waals surface area contributed by atoms with Crippen molar-refractivity contribution in [1.82, 2.24) is 9.55 Å². The number of hydrogen-bond acceptors (Lipinski definition) is 7. The third-order valence-corrected chi connectivity index (χ3v) is 7.18. The van der Waals surface area contributed by atoms with E-state index in [2.05, 4.69) is 5.32 Å². The van der Waals surface area contributed by atoms with Crippen molar-refractivity contribution >= 4 is 44.9 Å². The van der Waals surface area contributed by atoms with Gasteiger partial charge in [0.25, 0.3) is 5.56 Å². The second-order valence-corrected chi connectivity index (χ2v) is 8.94. The molecule has 0 spiro atoms. The average molecular weight is 446 g/mol. The van der Waals surface area contributed by atoms with Crippen LogP contribution in [0.25, 0.3) is 10.2 Å². The lowest BCUT2D eigenvalue weighted by Gasteiger charge is -2.13. The van der Waals surface area contributed by atoms with Gasteiger partial charge < -0.3 is 14.8 Å². The van der Waals surface area contributed by atoms with Crippen molar-refractivity contribution in [2.24, 2.45) is 0 Å². The summed E-state index contributed by atoms with van der Waals surface area (Å²) < 4.78 is 12.1. The van der Waals surface area contributed by atoms with Gasteiger partial charge in [-0.1, -0.05) is 23.9 Å². The number of methoxy groups -OCH3 is 2. The molecule has 7 nitrogen and oxygen atoms in total. The summed E-state index contributed by atoms with van der Waals surface area (Å²) in [6, 6.07) is 7.25. The van der Waals surface area contributed by atoms with Crippen LogP contribution in [0, 0.1) is 0 Å². The number of carbonyl (C=O) groups excluding carboxylic acids is 1. The average Bonchev–Trinajstić information content (AvgIpc) is 3.33. The summed E-state index contributed by atoms with van der Waals surface area (Å²) in [5, 5.41) is 4.14. The molecule has 1 aliphatic rings.